The SMILES string of the molecule is CCCn1nnc2cc(S(=O)(=O)N3CCCC[C@H]3C(=O)NCCC3=CCCCC3)ccc21. The first-order valence-corrected chi connectivity index (χ1v) is 13.3. The van der Waals surface area contributed by atoms with Crippen LogP contribution in [-0.4, -0.2) is 52.8 Å². The number of nitrogens with zero attached hydrogens (tertiary/aromatic N) is 4. The molecule has 0 spiro atoms. The van der Waals surface area contributed by atoms with Crippen molar-refractivity contribution in [3.63, 3.8) is 0 Å². The van der Waals surface area contributed by atoms with Crippen LogP contribution in [0.2, 0.25) is 0 Å². The molecular formula is C23H33N5O3S. The quantitative estimate of drug-likeness (QED) is 0.610. The van der Waals surface area contributed by atoms with Crippen LogP contribution in [0.25, 0.3) is 11.0 Å². The number of rotatable bonds is 8. The summed E-state index contributed by atoms with van der Waals surface area (Å²) in [6.45, 7) is 3.70. The molecule has 1 atom stereocenters. The minimum Gasteiger partial charge on any atom is -0.354 e. The number of benzene rings is 1. The molecule has 2 aromatic rings. The van der Waals surface area contributed by atoms with Gasteiger partial charge in [-0.25, -0.2) is 13.1 Å². The lowest BCUT2D eigenvalue weighted by Crippen LogP contribution is -2.51. The maximum atomic E-state index is 13.5. The van der Waals surface area contributed by atoms with Crippen molar-refractivity contribution in [1.82, 2.24) is 24.6 Å². The Morgan fingerprint density at radius 3 is 2.88 bits per heavy atom. The molecule has 8 nitrogen and oxygen atoms in total. The number of carbonyl (C=O) groups is 1. The second-order valence-corrected chi connectivity index (χ2v) is 10.6. The lowest BCUT2D eigenvalue weighted by atomic mass is 9.97. The monoisotopic (exact) mass is 459 g/mol. The van der Waals surface area contributed by atoms with E-state index in [1.54, 1.807) is 22.9 Å². The lowest BCUT2D eigenvalue weighted by Gasteiger charge is -2.33. The topological polar surface area (TPSA) is 97.2 Å². The number of aryl methyl sites for hydroxylation is 1. The molecule has 1 saturated heterocycles. The molecule has 1 aromatic carbocycles. The fourth-order valence-corrected chi connectivity index (χ4v) is 6.35. The fraction of sp³-hybridized carbons (Fsp3) is 0.609. The minimum absolute atomic E-state index is 0.167. The molecule has 0 bridgehead atoms. The van der Waals surface area contributed by atoms with Gasteiger partial charge in [0.1, 0.15) is 11.6 Å². The van der Waals surface area contributed by atoms with Crippen LogP contribution in [0.15, 0.2) is 34.7 Å². The summed E-state index contributed by atoms with van der Waals surface area (Å²) in [5, 5.41) is 11.3. The number of allylic oxidation sites excluding steroid dienone is 1. The van der Waals surface area contributed by atoms with Crippen molar-refractivity contribution >= 4 is 27.0 Å². The van der Waals surface area contributed by atoms with Gasteiger partial charge >= 0.3 is 0 Å². The van der Waals surface area contributed by atoms with Gasteiger partial charge in [0.05, 0.1) is 10.4 Å². The van der Waals surface area contributed by atoms with Crippen LogP contribution in [0.4, 0.5) is 0 Å². The van der Waals surface area contributed by atoms with Crippen LogP contribution in [-0.2, 0) is 21.4 Å². The number of amides is 1. The number of piperidine rings is 1. The van der Waals surface area contributed by atoms with Crippen LogP contribution in [0.3, 0.4) is 0 Å². The Kier molecular flexibility index (Phi) is 7.25. The van der Waals surface area contributed by atoms with Gasteiger partial charge in [0, 0.05) is 19.6 Å². The number of sulfonamides is 1. The molecule has 1 aliphatic heterocycles. The molecule has 1 aliphatic carbocycles. The number of fused-ring (bicyclic) bond motifs is 1. The van der Waals surface area contributed by atoms with Crippen molar-refractivity contribution < 1.29 is 13.2 Å². The van der Waals surface area contributed by atoms with Gasteiger partial charge in [-0.1, -0.05) is 30.2 Å². The summed E-state index contributed by atoms with van der Waals surface area (Å²) >= 11 is 0. The highest BCUT2D eigenvalue weighted by atomic mass is 32.2. The van der Waals surface area contributed by atoms with E-state index in [0.29, 0.717) is 25.0 Å². The van der Waals surface area contributed by atoms with E-state index in [1.165, 1.54) is 22.7 Å². The van der Waals surface area contributed by atoms with Crippen LogP contribution >= 0.6 is 0 Å². The molecule has 1 amide bonds. The number of nitrogens with one attached hydrogen (secondary N) is 1. The standard InChI is InChI=1S/C23H33N5O3S/c1-2-15-27-21-12-11-19(17-20(21)25-26-27)32(30,31)28-16-7-6-10-22(28)23(29)24-14-13-18-8-4-3-5-9-18/h8,11-12,17,22H,2-7,9-10,13-16H2,1H3,(H,24,29)/t22-/m0/s1. The first-order valence-electron chi connectivity index (χ1n) is 11.8. The summed E-state index contributed by atoms with van der Waals surface area (Å²) in [7, 11) is -3.81. The van der Waals surface area contributed by atoms with Gasteiger partial charge in [-0.05, 0) is 69.6 Å². The zero-order valence-corrected chi connectivity index (χ0v) is 19.6. The maximum absolute atomic E-state index is 13.5. The van der Waals surface area contributed by atoms with Crippen LogP contribution < -0.4 is 5.32 Å². The molecule has 32 heavy (non-hydrogen) atoms. The van der Waals surface area contributed by atoms with E-state index in [0.717, 1.165) is 50.6 Å². The van der Waals surface area contributed by atoms with Gasteiger partial charge in [-0.2, -0.15) is 4.31 Å². The predicted molar refractivity (Wildman–Crippen MR) is 124 cm³/mol. The Hall–Kier alpha value is -2.26. The fourth-order valence-electron chi connectivity index (χ4n) is 4.68. The van der Waals surface area contributed by atoms with E-state index in [-0.39, 0.29) is 10.8 Å². The number of hydrogen-bond acceptors (Lipinski definition) is 5. The average Bonchev–Trinajstić information content (AvgIpc) is 3.22. The Morgan fingerprint density at radius 2 is 2.09 bits per heavy atom. The van der Waals surface area contributed by atoms with Gasteiger partial charge in [0.25, 0.3) is 0 Å². The van der Waals surface area contributed by atoms with Crippen molar-refractivity contribution in [3.8, 4) is 0 Å². The molecule has 0 radical (unpaired) electrons. The number of carbonyl (C=O) groups excluding carboxylic acids is 1. The Labute approximate surface area is 190 Å². The minimum atomic E-state index is -3.81. The molecule has 1 aromatic heterocycles. The molecular weight excluding hydrogens is 426 g/mol. The molecule has 0 saturated carbocycles. The normalized spacial score (nSPS) is 20.3. The van der Waals surface area contributed by atoms with E-state index in [2.05, 4.69) is 28.6 Å². The highest BCUT2D eigenvalue weighted by Gasteiger charge is 2.37. The van der Waals surface area contributed by atoms with Crippen LogP contribution in [0.5, 0.6) is 0 Å². The lowest BCUT2D eigenvalue weighted by molar-refractivity contribution is -0.125. The van der Waals surface area contributed by atoms with Gasteiger partial charge in [-0.3, -0.25) is 4.79 Å². The van der Waals surface area contributed by atoms with Gasteiger partial charge in [0.2, 0.25) is 15.9 Å². The van der Waals surface area contributed by atoms with Crippen molar-refractivity contribution in [2.24, 2.45) is 0 Å². The molecule has 0 unspecified atom stereocenters. The van der Waals surface area contributed by atoms with Gasteiger partial charge in [-0.15, -0.1) is 5.10 Å². The zero-order valence-electron chi connectivity index (χ0n) is 18.8. The third-order valence-electron chi connectivity index (χ3n) is 6.41. The molecule has 2 heterocycles. The van der Waals surface area contributed by atoms with E-state index >= 15 is 0 Å². The van der Waals surface area contributed by atoms with E-state index in [9.17, 15) is 13.2 Å². The van der Waals surface area contributed by atoms with Crippen molar-refractivity contribution in [1.29, 1.82) is 0 Å². The first kappa shape index (κ1) is 22.9. The average molecular weight is 460 g/mol. The smallest absolute Gasteiger partial charge is 0.243 e. The predicted octanol–water partition coefficient (Wildman–Crippen LogP) is 3.39. The molecule has 174 valence electrons. The first-order chi connectivity index (χ1) is 15.5. The summed E-state index contributed by atoms with van der Waals surface area (Å²) in [5.74, 6) is -0.195. The molecule has 1 fully saturated rings. The summed E-state index contributed by atoms with van der Waals surface area (Å²) in [6, 6.07) is 4.27. The Balaban J connectivity index is 1.48. The number of hydrogen-bond donors (Lipinski definition) is 1. The highest BCUT2D eigenvalue weighted by molar-refractivity contribution is 7.89. The summed E-state index contributed by atoms with van der Waals surface area (Å²) in [5.41, 5.74) is 2.77. The summed E-state index contributed by atoms with van der Waals surface area (Å²) in [4.78, 5) is 13.1. The zero-order chi connectivity index (χ0) is 22.6. The van der Waals surface area contributed by atoms with Gasteiger partial charge < -0.3 is 5.32 Å². The Morgan fingerprint density at radius 1 is 1.22 bits per heavy atom. The molecule has 2 aliphatic rings. The molecule has 1 N–H and O–H groups in total. The van der Waals surface area contributed by atoms with Gasteiger partial charge in [0.15, 0.2) is 0 Å². The van der Waals surface area contributed by atoms with E-state index in [1.807, 2.05) is 0 Å². The summed E-state index contributed by atoms with van der Waals surface area (Å²) < 4.78 is 30.1. The summed E-state index contributed by atoms with van der Waals surface area (Å²) in [6.07, 6.45) is 10.9. The van der Waals surface area contributed by atoms with Crippen LogP contribution in [0, 0.1) is 0 Å². The molecule has 4 rings (SSSR count). The third-order valence-corrected chi connectivity index (χ3v) is 8.32. The molecule has 9 heteroatoms. The van der Waals surface area contributed by atoms with E-state index in [4.69, 9.17) is 0 Å². The van der Waals surface area contributed by atoms with E-state index < -0.39 is 16.1 Å². The van der Waals surface area contributed by atoms with Crippen molar-refractivity contribution in [2.75, 3.05) is 13.1 Å². The maximum Gasteiger partial charge on any atom is 0.243 e. The second kappa shape index (κ2) is 10.1. The van der Waals surface area contributed by atoms with Crippen molar-refractivity contribution in [2.45, 2.75) is 82.2 Å². The second-order valence-electron chi connectivity index (χ2n) is 8.74. The van der Waals surface area contributed by atoms with Crippen LogP contribution in [0.1, 0.15) is 64.7 Å². The Bertz CT molecular complexity index is 1090. The highest BCUT2D eigenvalue weighted by Crippen LogP contribution is 2.27. The largest absolute Gasteiger partial charge is 0.354 e. The third kappa shape index (κ3) is 4.88. The number of aromatic nitrogens is 3. The van der Waals surface area contributed by atoms with Crippen molar-refractivity contribution in [3.05, 3.63) is 29.8 Å².